The molecule has 0 radical (unpaired) electrons. The van der Waals surface area contributed by atoms with Crippen molar-refractivity contribution in [1.29, 1.82) is 0 Å². The van der Waals surface area contributed by atoms with E-state index in [1.807, 2.05) is 4.90 Å². The van der Waals surface area contributed by atoms with Crippen molar-refractivity contribution in [3.8, 4) is 11.3 Å². The Morgan fingerprint density at radius 3 is 2.38 bits per heavy atom. The summed E-state index contributed by atoms with van der Waals surface area (Å²) in [6.07, 6.45) is -1.92. The SMILES string of the molecule is O=C(c1ccc([N+](=O)[O-])cc1NS(=O)(=O)c1cccnc1)N1CCN(c2nc(-c3ccc(C(F)(F)F)cc3)cs2)CC1. The first-order valence-corrected chi connectivity index (χ1v) is 14.7. The molecule has 1 aliphatic heterocycles. The summed E-state index contributed by atoms with van der Waals surface area (Å²) in [7, 11) is -4.19. The summed E-state index contributed by atoms with van der Waals surface area (Å²) in [5.74, 6) is -0.516. The number of carbonyl (C=O) groups excluding carboxylic acids is 1. The van der Waals surface area contributed by atoms with Crippen LogP contribution in [0.4, 0.5) is 29.7 Å². The van der Waals surface area contributed by atoms with Crippen LogP contribution < -0.4 is 9.62 Å². The number of hydrogen-bond donors (Lipinski definition) is 1. The molecule has 0 bridgehead atoms. The van der Waals surface area contributed by atoms with Crippen molar-refractivity contribution in [1.82, 2.24) is 14.9 Å². The molecule has 1 aliphatic rings. The average molecular weight is 619 g/mol. The molecule has 0 saturated carbocycles. The molecule has 2 aromatic heterocycles. The summed E-state index contributed by atoms with van der Waals surface area (Å²) in [6, 6.07) is 10.8. The summed E-state index contributed by atoms with van der Waals surface area (Å²) < 4.78 is 66.7. The van der Waals surface area contributed by atoms with E-state index < -0.39 is 38.3 Å². The van der Waals surface area contributed by atoms with Crippen molar-refractivity contribution in [2.24, 2.45) is 0 Å². The number of rotatable bonds is 7. The van der Waals surface area contributed by atoms with Gasteiger partial charge in [0, 0.05) is 61.6 Å². The molecule has 11 nitrogen and oxygen atoms in total. The quantitative estimate of drug-likeness (QED) is 0.228. The Balaban J connectivity index is 1.30. The van der Waals surface area contributed by atoms with Crippen LogP contribution in [0, 0.1) is 10.1 Å². The molecule has 0 atom stereocenters. The highest BCUT2D eigenvalue weighted by Gasteiger charge is 2.31. The zero-order valence-electron chi connectivity index (χ0n) is 21.5. The molecular weight excluding hydrogens is 597 g/mol. The van der Waals surface area contributed by atoms with Gasteiger partial charge in [-0.15, -0.1) is 11.3 Å². The van der Waals surface area contributed by atoms with E-state index in [4.69, 9.17) is 0 Å². The number of carbonyl (C=O) groups is 1. The highest BCUT2D eigenvalue weighted by atomic mass is 32.2. The standard InChI is InChI=1S/C26H21F3N6O5S2/c27-26(28,29)18-5-3-17(4-6-18)23-16-41-25(31-23)34-12-10-33(11-13-34)24(36)21-8-7-19(35(37)38)14-22(21)32-42(39,40)20-2-1-9-30-15-20/h1-9,14-16,32H,10-13H2. The Kier molecular flexibility index (Phi) is 7.83. The second kappa shape index (κ2) is 11.4. The van der Waals surface area contributed by atoms with E-state index >= 15 is 0 Å². The maximum atomic E-state index is 13.5. The van der Waals surface area contributed by atoms with E-state index in [-0.39, 0.29) is 29.2 Å². The van der Waals surface area contributed by atoms with Crippen LogP contribution in [0.1, 0.15) is 15.9 Å². The number of amides is 1. The fourth-order valence-corrected chi connectivity index (χ4v) is 6.19. The Bertz CT molecular complexity index is 1720. The van der Waals surface area contributed by atoms with Gasteiger partial charge in [0.2, 0.25) is 0 Å². The lowest BCUT2D eigenvalue weighted by Gasteiger charge is -2.34. The molecule has 3 heterocycles. The molecule has 0 aliphatic carbocycles. The third-order valence-corrected chi connectivity index (χ3v) is 8.72. The summed E-state index contributed by atoms with van der Waals surface area (Å²) >= 11 is 1.32. The fourth-order valence-electron chi connectivity index (χ4n) is 4.27. The van der Waals surface area contributed by atoms with E-state index in [2.05, 4.69) is 14.7 Å². The van der Waals surface area contributed by atoms with Gasteiger partial charge in [0.15, 0.2) is 5.13 Å². The Morgan fingerprint density at radius 1 is 1.05 bits per heavy atom. The van der Waals surface area contributed by atoms with Crippen molar-refractivity contribution in [3.05, 3.63) is 93.6 Å². The topological polar surface area (TPSA) is 139 Å². The third kappa shape index (κ3) is 6.18. The average Bonchev–Trinajstić information content (AvgIpc) is 3.47. The number of benzene rings is 2. The van der Waals surface area contributed by atoms with Gasteiger partial charge in [0.1, 0.15) is 4.90 Å². The van der Waals surface area contributed by atoms with Crippen LogP contribution in [0.5, 0.6) is 0 Å². The fraction of sp³-hybridized carbons (Fsp3) is 0.192. The lowest BCUT2D eigenvalue weighted by molar-refractivity contribution is -0.384. The zero-order valence-corrected chi connectivity index (χ0v) is 23.1. The molecule has 42 heavy (non-hydrogen) atoms. The molecule has 4 aromatic rings. The Hall–Kier alpha value is -4.57. The van der Waals surface area contributed by atoms with Crippen molar-refractivity contribution in [2.45, 2.75) is 11.1 Å². The van der Waals surface area contributed by atoms with Gasteiger partial charge >= 0.3 is 6.18 Å². The van der Waals surface area contributed by atoms with Gasteiger partial charge in [0.05, 0.1) is 27.4 Å². The van der Waals surface area contributed by atoms with E-state index in [1.54, 1.807) is 5.38 Å². The van der Waals surface area contributed by atoms with E-state index in [0.717, 1.165) is 30.5 Å². The van der Waals surface area contributed by atoms with Gasteiger partial charge < -0.3 is 9.80 Å². The molecule has 5 rings (SSSR count). The van der Waals surface area contributed by atoms with Crippen LogP contribution in [0.15, 0.2) is 77.3 Å². The lowest BCUT2D eigenvalue weighted by atomic mass is 10.1. The predicted molar refractivity (Wildman–Crippen MR) is 149 cm³/mol. The highest BCUT2D eigenvalue weighted by molar-refractivity contribution is 7.92. The highest BCUT2D eigenvalue weighted by Crippen LogP contribution is 2.33. The monoisotopic (exact) mass is 618 g/mol. The second-order valence-electron chi connectivity index (χ2n) is 9.15. The predicted octanol–water partition coefficient (Wildman–Crippen LogP) is 4.90. The van der Waals surface area contributed by atoms with Gasteiger partial charge in [-0.3, -0.25) is 24.6 Å². The number of hydrogen-bond acceptors (Lipinski definition) is 9. The summed E-state index contributed by atoms with van der Waals surface area (Å²) in [5.41, 5.74) is -0.365. The molecule has 2 aromatic carbocycles. The number of nitro benzene ring substituents is 1. The van der Waals surface area contributed by atoms with Crippen LogP contribution in [-0.2, 0) is 16.2 Å². The summed E-state index contributed by atoms with van der Waals surface area (Å²) in [6.45, 7) is 1.27. The normalized spacial score (nSPS) is 14.1. The number of nitrogens with one attached hydrogen (secondary N) is 1. The first-order valence-electron chi connectivity index (χ1n) is 12.3. The minimum absolute atomic E-state index is 0.0552. The van der Waals surface area contributed by atoms with Crippen LogP contribution in [-0.4, -0.2) is 60.3 Å². The molecule has 16 heteroatoms. The Labute approximate surface area is 241 Å². The number of aromatic nitrogens is 2. The minimum atomic E-state index is -4.43. The number of sulfonamides is 1. The number of anilines is 2. The van der Waals surface area contributed by atoms with E-state index in [1.165, 1.54) is 52.8 Å². The minimum Gasteiger partial charge on any atom is -0.345 e. The number of nitro groups is 1. The zero-order chi connectivity index (χ0) is 30.1. The van der Waals surface area contributed by atoms with Crippen LogP contribution >= 0.6 is 11.3 Å². The number of non-ortho nitro benzene ring substituents is 1. The van der Waals surface area contributed by atoms with Crippen molar-refractivity contribution < 1.29 is 31.3 Å². The molecule has 0 unspecified atom stereocenters. The third-order valence-electron chi connectivity index (χ3n) is 6.47. The van der Waals surface area contributed by atoms with Crippen molar-refractivity contribution in [3.63, 3.8) is 0 Å². The largest absolute Gasteiger partial charge is 0.416 e. The van der Waals surface area contributed by atoms with Crippen molar-refractivity contribution in [2.75, 3.05) is 35.8 Å². The van der Waals surface area contributed by atoms with Crippen LogP contribution in [0.2, 0.25) is 0 Å². The first-order chi connectivity index (χ1) is 19.9. The number of pyridine rings is 1. The van der Waals surface area contributed by atoms with Gasteiger partial charge in [-0.25, -0.2) is 13.4 Å². The molecule has 1 amide bonds. The van der Waals surface area contributed by atoms with Crippen LogP contribution in [0.3, 0.4) is 0 Å². The molecule has 1 saturated heterocycles. The molecule has 1 N–H and O–H groups in total. The number of nitrogens with zero attached hydrogens (tertiary/aromatic N) is 5. The second-order valence-corrected chi connectivity index (χ2v) is 11.7. The van der Waals surface area contributed by atoms with E-state index in [0.29, 0.717) is 29.5 Å². The molecular formula is C26H21F3N6O5S2. The summed E-state index contributed by atoms with van der Waals surface area (Å²) in [4.78, 5) is 35.7. The maximum absolute atomic E-state index is 13.5. The van der Waals surface area contributed by atoms with E-state index in [9.17, 15) is 36.5 Å². The molecule has 1 fully saturated rings. The number of thiazole rings is 1. The van der Waals surface area contributed by atoms with Gasteiger partial charge in [-0.2, -0.15) is 13.2 Å². The van der Waals surface area contributed by atoms with Gasteiger partial charge in [-0.05, 0) is 30.3 Å². The Morgan fingerprint density at radius 2 is 1.76 bits per heavy atom. The van der Waals surface area contributed by atoms with Crippen molar-refractivity contribution >= 4 is 43.8 Å². The first kappa shape index (κ1) is 28.9. The summed E-state index contributed by atoms with van der Waals surface area (Å²) in [5, 5.41) is 13.7. The van der Waals surface area contributed by atoms with Gasteiger partial charge in [-0.1, -0.05) is 12.1 Å². The lowest BCUT2D eigenvalue weighted by Crippen LogP contribution is -2.49. The van der Waals surface area contributed by atoms with Crippen LogP contribution in [0.25, 0.3) is 11.3 Å². The molecule has 0 spiro atoms. The number of piperazine rings is 1. The number of alkyl halides is 3. The maximum Gasteiger partial charge on any atom is 0.416 e. The molecule has 218 valence electrons. The number of halogens is 3. The smallest absolute Gasteiger partial charge is 0.345 e. The van der Waals surface area contributed by atoms with Gasteiger partial charge in [0.25, 0.3) is 21.6 Å².